The van der Waals surface area contributed by atoms with Gasteiger partial charge in [0.25, 0.3) is 0 Å². The zero-order valence-electron chi connectivity index (χ0n) is 9.95. The van der Waals surface area contributed by atoms with E-state index in [2.05, 4.69) is 59.4 Å². The molecule has 0 radical (unpaired) electrons. The van der Waals surface area contributed by atoms with E-state index in [0.29, 0.717) is 5.69 Å². The molecule has 0 atom stereocenters. The predicted molar refractivity (Wildman–Crippen MR) is 76.1 cm³/mol. The lowest BCUT2D eigenvalue weighted by molar-refractivity contribution is 1.29. The fraction of sp³-hybridized carbons (Fsp3) is 0. The number of aromatic nitrogens is 1. The summed E-state index contributed by atoms with van der Waals surface area (Å²) in [6.45, 7) is 0. The first-order chi connectivity index (χ1) is 8.90. The van der Waals surface area contributed by atoms with Crippen molar-refractivity contribution in [1.29, 1.82) is 0 Å². The average molecular weight is 231 g/mol. The molecule has 0 saturated carbocycles. The molecule has 0 unspecified atom stereocenters. The smallest absolute Gasteiger partial charge is 0.112 e. The summed E-state index contributed by atoms with van der Waals surface area (Å²) in [6, 6.07) is 22.2. The van der Waals surface area contributed by atoms with Crippen LogP contribution in [0.5, 0.6) is 0 Å². The maximum absolute atomic E-state index is 5.04. The molecule has 1 heteroatoms. The Morgan fingerprint density at radius 2 is 1.22 bits per heavy atom. The molecule has 1 aromatic heterocycles. The Balaban J connectivity index is 0.000000138. The van der Waals surface area contributed by atoms with Crippen LogP contribution < -0.4 is 0 Å². The molecular formula is C17H13N. The van der Waals surface area contributed by atoms with Gasteiger partial charge in [-0.3, -0.25) is 0 Å². The first-order valence-electron chi connectivity index (χ1n) is 5.71. The van der Waals surface area contributed by atoms with Crippen LogP contribution in [-0.2, 0) is 0 Å². The summed E-state index contributed by atoms with van der Waals surface area (Å²) in [6.07, 6.45) is 6.71. The zero-order valence-corrected chi connectivity index (χ0v) is 9.95. The van der Waals surface area contributed by atoms with E-state index < -0.39 is 0 Å². The molecule has 86 valence electrons. The van der Waals surface area contributed by atoms with Crippen LogP contribution in [0.15, 0.2) is 72.9 Å². The van der Waals surface area contributed by atoms with E-state index in [1.54, 1.807) is 12.3 Å². The Kier molecular flexibility index (Phi) is 4.11. The van der Waals surface area contributed by atoms with Crippen molar-refractivity contribution in [3.05, 3.63) is 78.6 Å². The molecule has 0 amide bonds. The van der Waals surface area contributed by atoms with Gasteiger partial charge in [-0.15, -0.1) is 6.42 Å². The third-order valence-electron chi connectivity index (χ3n) is 2.47. The third kappa shape index (κ3) is 3.20. The second kappa shape index (κ2) is 6.22. The van der Waals surface area contributed by atoms with E-state index in [1.165, 1.54) is 10.8 Å². The number of nitrogens with zero attached hydrogens (tertiary/aromatic N) is 1. The van der Waals surface area contributed by atoms with Crippen LogP contribution in [0.4, 0.5) is 0 Å². The van der Waals surface area contributed by atoms with E-state index in [4.69, 9.17) is 6.42 Å². The first-order valence-corrected chi connectivity index (χ1v) is 5.71. The van der Waals surface area contributed by atoms with Gasteiger partial charge in [-0.25, -0.2) is 4.98 Å². The molecule has 1 nitrogen and oxygen atoms in total. The van der Waals surface area contributed by atoms with Crippen molar-refractivity contribution >= 4 is 10.8 Å². The molecule has 18 heavy (non-hydrogen) atoms. The Morgan fingerprint density at radius 3 is 1.56 bits per heavy atom. The Bertz CT molecular complexity index is 586. The van der Waals surface area contributed by atoms with Crippen molar-refractivity contribution in [2.45, 2.75) is 0 Å². The highest BCUT2D eigenvalue weighted by atomic mass is 14.6. The molecule has 3 aromatic rings. The van der Waals surface area contributed by atoms with Gasteiger partial charge in [-0.1, -0.05) is 60.5 Å². The van der Waals surface area contributed by atoms with Gasteiger partial charge < -0.3 is 0 Å². The molecule has 0 fully saturated rings. The van der Waals surface area contributed by atoms with Crippen LogP contribution >= 0.6 is 0 Å². The maximum Gasteiger partial charge on any atom is 0.112 e. The Labute approximate surface area is 107 Å². The predicted octanol–water partition coefficient (Wildman–Crippen LogP) is 3.90. The molecule has 3 rings (SSSR count). The van der Waals surface area contributed by atoms with Gasteiger partial charge in [0, 0.05) is 6.20 Å². The fourth-order valence-electron chi connectivity index (χ4n) is 1.58. The second-order valence-electron chi connectivity index (χ2n) is 3.71. The molecule has 0 spiro atoms. The van der Waals surface area contributed by atoms with Crippen molar-refractivity contribution in [2.75, 3.05) is 0 Å². The number of pyridine rings is 1. The normalized spacial score (nSPS) is 9.06. The minimum Gasteiger partial charge on any atom is -0.248 e. The lowest BCUT2D eigenvalue weighted by Crippen LogP contribution is -1.75. The molecule has 0 saturated heterocycles. The van der Waals surface area contributed by atoms with Crippen LogP contribution in [0.2, 0.25) is 0 Å². The fourth-order valence-corrected chi connectivity index (χ4v) is 1.58. The maximum atomic E-state index is 5.04. The molecule has 0 aliphatic carbocycles. The SMILES string of the molecule is C#Cc1ccccn1.c1ccc2ccccc2c1. The largest absolute Gasteiger partial charge is 0.248 e. The van der Waals surface area contributed by atoms with E-state index in [9.17, 15) is 0 Å². The highest BCUT2D eigenvalue weighted by Crippen LogP contribution is 2.11. The minimum atomic E-state index is 0.688. The number of hydrogen-bond donors (Lipinski definition) is 0. The van der Waals surface area contributed by atoms with Crippen molar-refractivity contribution in [1.82, 2.24) is 4.98 Å². The molecule has 0 N–H and O–H groups in total. The van der Waals surface area contributed by atoms with E-state index >= 15 is 0 Å². The summed E-state index contributed by atoms with van der Waals surface area (Å²) in [5, 5.41) is 2.62. The molecular weight excluding hydrogens is 218 g/mol. The van der Waals surface area contributed by atoms with Gasteiger partial charge in [0.1, 0.15) is 5.69 Å². The number of terminal acetylenes is 1. The quantitative estimate of drug-likeness (QED) is 0.535. The number of rotatable bonds is 0. The highest BCUT2D eigenvalue weighted by molar-refractivity contribution is 5.81. The summed E-state index contributed by atoms with van der Waals surface area (Å²) in [4.78, 5) is 3.86. The van der Waals surface area contributed by atoms with Crippen LogP contribution in [0, 0.1) is 12.3 Å². The zero-order chi connectivity index (χ0) is 12.6. The number of benzene rings is 2. The topological polar surface area (TPSA) is 12.9 Å². The van der Waals surface area contributed by atoms with Crippen LogP contribution in [-0.4, -0.2) is 4.98 Å². The van der Waals surface area contributed by atoms with Gasteiger partial charge in [-0.2, -0.15) is 0 Å². The lowest BCUT2D eigenvalue weighted by Gasteiger charge is -1.92. The summed E-state index contributed by atoms with van der Waals surface area (Å²) >= 11 is 0. The van der Waals surface area contributed by atoms with Gasteiger partial charge in [0.2, 0.25) is 0 Å². The monoisotopic (exact) mass is 231 g/mol. The Morgan fingerprint density at radius 1 is 0.722 bits per heavy atom. The summed E-state index contributed by atoms with van der Waals surface area (Å²) < 4.78 is 0. The summed E-state index contributed by atoms with van der Waals surface area (Å²) in [5.74, 6) is 2.42. The summed E-state index contributed by atoms with van der Waals surface area (Å²) in [5.41, 5.74) is 0.688. The van der Waals surface area contributed by atoms with Crippen LogP contribution in [0.1, 0.15) is 5.69 Å². The molecule has 0 aliphatic rings. The third-order valence-corrected chi connectivity index (χ3v) is 2.47. The average Bonchev–Trinajstić information content (AvgIpc) is 2.49. The second-order valence-corrected chi connectivity index (χ2v) is 3.71. The van der Waals surface area contributed by atoms with Crippen molar-refractivity contribution in [2.24, 2.45) is 0 Å². The summed E-state index contributed by atoms with van der Waals surface area (Å²) in [7, 11) is 0. The lowest BCUT2D eigenvalue weighted by atomic mass is 10.1. The van der Waals surface area contributed by atoms with Crippen LogP contribution in [0.25, 0.3) is 10.8 Å². The van der Waals surface area contributed by atoms with Gasteiger partial charge in [0.15, 0.2) is 0 Å². The first kappa shape index (κ1) is 11.9. The molecule has 0 bridgehead atoms. The van der Waals surface area contributed by atoms with E-state index in [1.807, 2.05) is 12.1 Å². The van der Waals surface area contributed by atoms with Crippen molar-refractivity contribution < 1.29 is 0 Å². The van der Waals surface area contributed by atoms with Crippen molar-refractivity contribution in [3.63, 3.8) is 0 Å². The number of fused-ring (bicyclic) bond motifs is 1. The molecule has 1 heterocycles. The standard InChI is InChI=1S/C10H8.C7H5N/c1-2-6-10-8-4-3-7-9(10)5-1;1-2-7-5-3-4-6-8-7/h1-8H;1,3-6H. The Hall–Kier alpha value is -2.59. The van der Waals surface area contributed by atoms with E-state index in [0.717, 1.165) is 0 Å². The van der Waals surface area contributed by atoms with Gasteiger partial charge in [0.05, 0.1) is 0 Å². The number of hydrogen-bond acceptors (Lipinski definition) is 1. The van der Waals surface area contributed by atoms with Crippen LogP contribution in [0.3, 0.4) is 0 Å². The van der Waals surface area contributed by atoms with E-state index in [-0.39, 0.29) is 0 Å². The molecule has 2 aromatic carbocycles. The van der Waals surface area contributed by atoms with Crippen molar-refractivity contribution in [3.8, 4) is 12.3 Å². The van der Waals surface area contributed by atoms with Gasteiger partial charge >= 0.3 is 0 Å². The van der Waals surface area contributed by atoms with Gasteiger partial charge in [-0.05, 0) is 22.9 Å². The highest BCUT2D eigenvalue weighted by Gasteiger charge is 1.85. The molecule has 0 aliphatic heterocycles. The minimum absolute atomic E-state index is 0.688.